The van der Waals surface area contributed by atoms with Gasteiger partial charge in [-0.2, -0.15) is 0 Å². The number of rotatable bonds is 1. The number of nitrogens with zero attached hydrogens (tertiary/aromatic N) is 1. The van der Waals surface area contributed by atoms with Crippen molar-refractivity contribution in [2.45, 2.75) is 0 Å². The summed E-state index contributed by atoms with van der Waals surface area (Å²) in [6.45, 7) is 4.25. The van der Waals surface area contributed by atoms with E-state index in [0.29, 0.717) is 21.6 Å². The number of hydrogen-bond acceptors (Lipinski definition) is 3. The first-order valence-electron chi connectivity index (χ1n) is 4.80. The first-order valence-corrected chi connectivity index (χ1v) is 6.40. The van der Waals surface area contributed by atoms with Gasteiger partial charge in [0.2, 0.25) is 0 Å². The Morgan fingerprint density at radius 2 is 2.12 bits per heavy atom. The van der Waals surface area contributed by atoms with E-state index in [2.05, 4.69) is 11.9 Å². The number of thiocarbonyl (C=S) groups is 1. The van der Waals surface area contributed by atoms with Gasteiger partial charge in [0.15, 0.2) is 0 Å². The van der Waals surface area contributed by atoms with Crippen molar-refractivity contribution in [2.75, 3.05) is 11.9 Å². The van der Waals surface area contributed by atoms with Gasteiger partial charge in [-0.15, -0.1) is 0 Å². The Morgan fingerprint density at radius 1 is 1.47 bits per heavy atom. The molecule has 3 nitrogen and oxygen atoms in total. The minimum atomic E-state index is -0.247. The lowest BCUT2D eigenvalue weighted by Gasteiger charge is -2.15. The molecule has 0 bridgehead atoms. The summed E-state index contributed by atoms with van der Waals surface area (Å²) in [6, 6.07) is 6.66. The highest BCUT2D eigenvalue weighted by Crippen LogP contribution is 2.28. The van der Waals surface area contributed by atoms with Crippen molar-refractivity contribution in [1.82, 2.24) is 4.90 Å². The molecule has 2 rings (SSSR count). The van der Waals surface area contributed by atoms with E-state index in [0.717, 1.165) is 4.91 Å². The van der Waals surface area contributed by atoms with Gasteiger partial charge in [0, 0.05) is 15.6 Å². The lowest BCUT2D eigenvalue weighted by atomic mass is 10.3. The normalized spacial score (nSPS) is 15.2. The molecule has 0 aromatic heterocycles. The van der Waals surface area contributed by atoms with E-state index in [9.17, 15) is 4.79 Å². The van der Waals surface area contributed by atoms with E-state index in [4.69, 9.17) is 23.8 Å². The molecule has 0 unspecified atom stereocenters. The molecule has 1 aromatic carbocycles. The molecule has 2 amide bonds. The van der Waals surface area contributed by atoms with Gasteiger partial charge in [-0.1, -0.05) is 42.2 Å². The van der Waals surface area contributed by atoms with Crippen LogP contribution in [0.1, 0.15) is 0 Å². The summed E-state index contributed by atoms with van der Waals surface area (Å²) < 4.78 is 0.529. The van der Waals surface area contributed by atoms with Crippen LogP contribution in [0.15, 0.2) is 35.7 Å². The van der Waals surface area contributed by atoms with Crippen LogP contribution in [0.3, 0.4) is 0 Å². The minimum absolute atomic E-state index is 0.247. The Kier molecular flexibility index (Phi) is 3.71. The third-order valence-corrected chi connectivity index (χ3v) is 3.66. The average molecular weight is 285 g/mol. The van der Waals surface area contributed by atoms with Gasteiger partial charge in [0.05, 0.1) is 6.54 Å². The average Bonchev–Trinajstić information content (AvgIpc) is 2.61. The van der Waals surface area contributed by atoms with Gasteiger partial charge in [-0.05, 0) is 24.3 Å². The fourth-order valence-electron chi connectivity index (χ4n) is 1.33. The molecule has 0 saturated carbocycles. The molecule has 1 aromatic rings. The number of urea groups is 1. The van der Waals surface area contributed by atoms with Crippen molar-refractivity contribution in [3.8, 4) is 0 Å². The maximum Gasteiger partial charge on any atom is 0.327 e. The quantitative estimate of drug-likeness (QED) is 0.798. The molecular weight excluding hydrogens is 276 g/mol. The molecular formula is C11H9ClN2OS2. The largest absolute Gasteiger partial charge is 0.327 e. The lowest BCUT2D eigenvalue weighted by molar-refractivity contribution is 0.238. The number of nitrogens with one attached hydrogen (secondary N) is 1. The van der Waals surface area contributed by atoms with Crippen LogP contribution in [0.2, 0.25) is 5.02 Å². The zero-order chi connectivity index (χ0) is 12.4. The molecule has 0 aliphatic carbocycles. The Bertz CT molecular complexity index is 487. The van der Waals surface area contributed by atoms with Crippen molar-refractivity contribution in [1.29, 1.82) is 0 Å². The summed E-state index contributed by atoms with van der Waals surface area (Å²) >= 11 is 12.2. The van der Waals surface area contributed by atoms with Crippen molar-refractivity contribution in [2.24, 2.45) is 0 Å². The van der Waals surface area contributed by atoms with Gasteiger partial charge in [-0.3, -0.25) is 4.90 Å². The number of amides is 2. The number of thioether (sulfide) groups is 1. The SMILES string of the molecule is C=C1CN(C(=O)Nc2ccc(Cl)cc2)C(=S)S1. The summed E-state index contributed by atoms with van der Waals surface area (Å²) in [5.41, 5.74) is 0.685. The molecule has 1 fully saturated rings. The van der Waals surface area contributed by atoms with E-state index in [-0.39, 0.29) is 6.03 Å². The van der Waals surface area contributed by atoms with Gasteiger partial charge >= 0.3 is 6.03 Å². The molecule has 1 aliphatic heterocycles. The Morgan fingerprint density at radius 3 is 2.65 bits per heavy atom. The van der Waals surface area contributed by atoms with Crippen LogP contribution in [0.4, 0.5) is 10.5 Å². The molecule has 0 spiro atoms. The zero-order valence-corrected chi connectivity index (χ0v) is 11.2. The van der Waals surface area contributed by atoms with Crippen molar-refractivity contribution in [3.63, 3.8) is 0 Å². The third kappa shape index (κ3) is 3.00. The number of hydrogen-bond donors (Lipinski definition) is 1. The summed E-state index contributed by atoms with van der Waals surface area (Å²) in [7, 11) is 0. The molecule has 0 atom stereocenters. The van der Waals surface area contributed by atoms with Crippen LogP contribution in [0, 0.1) is 0 Å². The van der Waals surface area contributed by atoms with Crippen molar-refractivity contribution < 1.29 is 4.79 Å². The smallest absolute Gasteiger partial charge is 0.307 e. The summed E-state index contributed by atoms with van der Waals surface area (Å²) in [4.78, 5) is 14.3. The molecule has 17 heavy (non-hydrogen) atoms. The predicted octanol–water partition coefficient (Wildman–Crippen LogP) is 3.72. The van der Waals surface area contributed by atoms with Crippen LogP contribution in [0.25, 0.3) is 0 Å². The molecule has 88 valence electrons. The highest BCUT2D eigenvalue weighted by atomic mass is 35.5. The van der Waals surface area contributed by atoms with Gasteiger partial charge in [0.1, 0.15) is 4.32 Å². The van der Waals surface area contributed by atoms with E-state index in [1.165, 1.54) is 16.7 Å². The zero-order valence-electron chi connectivity index (χ0n) is 8.77. The topological polar surface area (TPSA) is 32.3 Å². The number of benzene rings is 1. The van der Waals surface area contributed by atoms with Gasteiger partial charge < -0.3 is 5.32 Å². The molecule has 0 radical (unpaired) electrons. The molecule has 1 heterocycles. The second-order valence-corrected chi connectivity index (χ2v) is 5.68. The van der Waals surface area contributed by atoms with Crippen LogP contribution in [0.5, 0.6) is 0 Å². The first-order chi connectivity index (χ1) is 8.06. The third-order valence-electron chi connectivity index (χ3n) is 2.13. The van der Waals surface area contributed by atoms with E-state index < -0.39 is 0 Å². The number of carbonyl (C=O) groups excluding carboxylic acids is 1. The van der Waals surface area contributed by atoms with Gasteiger partial charge in [-0.25, -0.2) is 4.79 Å². The van der Waals surface area contributed by atoms with Crippen LogP contribution >= 0.6 is 35.6 Å². The van der Waals surface area contributed by atoms with Crippen molar-refractivity contribution >= 4 is 51.6 Å². The fourth-order valence-corrected chi connectivity index (χ4v) is 2.66. The maximum absolute atomic E-state index is 11.9. The van der Waals surface area contributed by atoms with Crippen LogP contribution in [-0.2, 0) is 0 Å². The molecule has 1 N–H and O–H groups in total. The standard InChI is InChI=1S/C11H9ClN2OS2/c1-7-6-14(11(16)17-7)10(15)13-9-4-2-8(12)3-5-9/h2-5H,1,6H2,(H,13,15). The second-order valence-electron chi connectivity index (χ2n) is 3.43. The number of halogens is 1. The minimum Gasteiger partial charge on any atom is -0.307 e. The molecule has 1 aliphatic rings. The summed E-state index contributed by atoms with van der Waals surface area (Å²) in [6.07, 6.45) is 0. The van der Waals surface area contributed by atoms with Crippen LogP contribution in [-0.4, -0.2) is 21.8 Å². The van der Waals surface area contributed by atoms with Crippen LogP contribution < -0.4 is 5.32 Å². The van der Waals surface area contributed by atoms with Gasteiger partial charge in [0.25, 0.3) is 0 Å². The summed E-state index contributed by atoms with van der Waals surface area (Å²) in [5, 5.41) is 3.38. The Hall–Kier alpha value is -1.04. The predicted molar refractivity (Wildman–Crippen MR) is 76.5 cm³/mol. The molecule has 6 heteroatoms. The Balaban J connectivity index is 2.04. The maximum atomic E-state index is 11.9. The second kappa shape index (κ2) is 5.08. The van der Waals surface area contributed by atoms with E-state index in [1.807, 2.05) is 0 Å². The van der Waals surface area contributed by atoms with Crippen molar-refractivity contribution in [3.05, 3.63) is 40.8 Å². The van der Waals surface area contributed by atoms with E-state index >= 15 is 0 Å². The fraction of sp³-hybridized carbons (Fsp3) is 0.0909. The summed E-state index contributed by atoms with van der Waals surface area (Å²) in [5.74, 6) is 0. The highest BCUT2D eigenvalue weighted by Gasteiger charge is 2.26. The molecule has 1 saturated heterocycles. The van der Waals surface area contributed by atoms with E-state index in [1.54, 1.807) is 24.3 Å². The lowest BCUT2D eigenvalue weighted by Crippen LogP contribution is -2.34. The highest BCUT2D eigenvalue weighted by molar-refractivity contribution is 8.25. The monoisotopic (exact) mass is 284 g/mol. The first kappa shape index (κ1) is 12.4. The number of carbonyl (C=O) groups is 1. The number of anilines is 1. The Labute approximate surface area is 114 Å².